The third-order valence-electron chi connectivity index (χ3n) is 4.91. The van der Waals surface area contributed by atoms with Crippen molar-refractivity contribution in [3.63, 3.8) is 0 Å². The Labute approximate surface area is 161 Å². The highest BCUT2D eigenvalue weighted by atomic mass is 16.5. The van der Waals surface area contributed by atoms with Crippen molar-refractivity contribution in [1.82, 2.24) is 14.9 Å². The van der Waals surface area contributed by atoms with Crippen molar-refractivity contribution in [3.8, 4) is 6.01 Å². The highest BCUT2D eigenvalue weighted by Crippen LogP contribution is 2.27. The van der Waals surface area contributed by atoms with Crippen molar-refractivity contribution < 1.29 is 9.53 Å². The number of para-hydroxylation sites is 1. The summed E-state index contributed by atoms with van der Waals surface area (Å²) in [7, 11) is 0. The van der Waals surface area contributed by atoms with E-state index in [1.165, 1.54) is 5.56 Å². The SMILES string of the molecule is Cc1cccc(C(C)C)c1NC(=O)CN1CCC(Oc2ncccn2)CC1. The van der Waals surface area contributed by atoms with Gasteiger partial charge in [0, 0.05) is 31.2 Å². The second-order valence-corrected chi connectivity index (χ2v) is 7.37. The molecule has 1 saturated heterocycles. The number of carbonyl (C=O) groups excluding carboxylic acids is 1. The van der Waals surface area contributed by atoms with E-state index in [2.05, 4.69) is 40.1 Å². The minimum atomic E-state index is 0.0389. The lowest BCUT2D eigenvalue weighted by atomic mass is 9.98. The number of hydrogen-bond donors (Lipinski definition) is 1. The maximum Gasteiger partial charge on any atom is 0.316 e. The topological polar surface area (TPSA) is 67.4 Å². The van der Waals surface area contributed by atoms with Crippen LogP contribution in [0.1, 0.15) is 43.7 Å². The van der Waals surface area contributed by atoms with Crippen molar-refractivity contribution >= 4 is 11.6 Å². The van der Waals surface area contributed by atoms with Gasteiger partial charge in [0.25, 0.3) is 0 Å². The predicted molar refractivity (Wildman–Crippen MR) is 106 cm³/mol. The van der Waals surface area contributed by atoms with Gasteiger partial charge in [-0.25, -0.2) is 9.97 Å². The van der Waals surface area contributed by atoms with E-state index in [0.717, 1.165) is 37.2 Å². The van der Waals surface area contributed by atoms with Crippen LogP contribution in [0, 0.1) is 6.92 Å². The number of nitrogens with one attached hydrogen (secondary N) is 1. The first-order valence-corrected chi connectivity index (χ1v) is 9.58. The van der Waals surface area contributed by atoms with E-state index in [1.54, 1.807) is 18.5 Å². The second-order valence-electron chi connectivity index (χ2n) is 7.37. The van der Waals surface area contributed by atoms with Crippen LogP contribution in [0.25, 0.3) is 0 Å². The van der Waals surface area contributed by atoms with Gasteiger partial charge in [-0.1, -0.05) is 32.0 Å². The standard InChI is InChI=1S/C21H28N4O2/c1-15(2)18-7-4-6-16(3)20(18)24-19(26)14-25-12-8-17(9-13-25)27-21-22-10-5-11-23-21/h4-7,10-11,15,17H,8-9,12-14H2,1-3H3,(H,24,26). The molecule has 0 radical (unpaired) electrons. The summed E-state index contributed by atoms with van der Waals surface area (Å²) in [6.45, 7) is 8.39. The molecule has 6 heteroatoms. The zero-order valence-electron chi connectivity index (χ0n) is 16.3. The number of benzene rings is 1. The Balaban J connectivity index is 1.50. The minimum Gasteiger partial charge on any atom is -0.460 e. The van der Waals surface area contributed by atoms with Crippen LogP contribution in [0.5, 0.6) is 6.01 Å². The molecule has 2 aromatic rings. The molecule has 0 unspecified atom stereocenters. The molecule has 0 aliphatic carbocycles. The molecule has 2 heterocycles. The molecular weight excluding hydrogens is 340 g/mol. The fraction of sp³-hybridized carbons (Fsp3) is 0.476. The van der Waals surface area contributed by atoms with E-state index < -0.39 is 0 Å². The molecular formula is C21H28N4O2. The molecule has 0 saturated carbocycles. The molecule has 144 valence electrons. The summed E-state index contributed by atoms with van der Waals surface area (Å²) in [5.74, 6) is 0.408. The monoisotopic (exact) mass is 368 g/mol. The van der Waals surface area contributed by atoms with Crippen LogP contribution in [0.15, 0.2) is 36.7 Å². The number of piperidine rings is 1. The molecule has 1 aliphatic heterocycles. The Morgan fingerprint density at radius 2 is 1.93 bits per heavy atom. The van der Waals surface area contributed by atoms with Crippen LogP contribution in [-0.2, 0) is 4.79 Å². The minimum absolute atomic E-state index is 0.0389. The average molecular weight is 368 g/mol. The maximum absolute atomic E-state index is 12.6. The highest BCUT2D eigenvalue weighted by molar-refractivity contribution is 5.93. The molecule has 6 nitrogen and oxygen atoms in total. The molecule has 1 aromatic carbocycles. The molecule has 27 heavy (non-hydrogen) atoms. The van der Waals surface area contributed by atoms with Gasteiger partial charge < -0.3 is 10.1 Å². The summed E-state index contributed by atoms with van der Waals surface area (Å²) in [5, 5.41) is 3.13. The Kier molecular flexibility index (Phi) is 6.40. The van der Waals surface area contributed by atoms with Crippen molar-refractivity contribution in [2.75, 3.05) is 25.0 Å². The van der Waals surface area contributed by atoms with Crippen molar-refractivity contribution in [3.05, 3.63) is 47.8 Å². The molecule has 1 amide bonds. The first-order chi connectivity index (χ1) is 13.0. The number of likely N-dealkylation sites (tertiary alicyclic amines) is 1. The maximum atomic E-state index is 12.6. The lowest BCUT2D eigenvalue weighted by Crippen LogP contribution is -2.42. The zero-order valence-corrected chi connectivity index (χ0v) is 16.3. The van der Waals surface area contributed by atoms with Crippen LogP contribution in [0.3, 0.4) is 0 Å². The van der Waals surface area contributed by atoms with E-state index in [-0.39, 0.29) is 12.0 Å². The highest BCUT2D eigenvalue weighted by Gasteiger charge is 2.23. The lowest BCUT2D eigenvalue weighted by Gasteiger charge is -2.31. The van der Waals surface area contributed by atoms with Gasteiger partial charge in [-0.05, 0) is 42.9 Å². The van der Waals surface area contributed by atoms with Gasteiger partial charge in [-0.15, -0.1) is 0 Å². The number of nitrogens with zero attached hydrogens (tertiary/aromatic N) is 3. The first kappa shape index (κ1) is 19.3. The third kappa shape index (κ3) is 5.26. The zero-order chi connectivity index (χ0) is 19.2. The number of carbonyl (C=O) groups is 1. The van der Waals surface area contributed by atoms with Crippen LogP contribution >= 0.6 is 0 Å². The van der Waals surface area contributed by atoms with Crippen LogP contribution in [0.2, 0.25) is 0 Å². The summed E-state index contributed by atoms with van der Waals surface area (Å²) in [4.78, 5) is 23.0. The van der Waals surface area contributed by atoms with Gasteiger partial charge in [-0.3, -0.25) is 9.69 Å². The average Bonchev–Trinajstić information content (AvgIpc) is 2.65. The largest absolute Gasteiger partial charge is 0.460 e. The molecule has 1 aromatic heterocycles. The van der Waals surface area contributed by atoms with Crippen LogP contribution in [-0.4, -0.2) is 46.5 Å². The van der Waals surface area contributed by atoms with Crippen molar-refractivity contribution in [1.29, 1.82) is 0 Å². The van der Waals surface area contributed by atoms with Gasteiger partial charge in [0.05, 0.1) is 6.54 Å². The summed E-state index contributed by atoms with van der Waals surface area (Å²) in [5.41, 5.74) is 3.24. The van der Waals surface area contributed by atoms with Gasteiger partial charge >= 0.3 is 6.01 Å². The molecule has 1 aliphatic rings. The Bertz CT molecular complexity index is 756. The third-order valence-corrected chi connectivity index (χ3v) is 4.91. The number of hydrogen-bond acceptors (Lipinski definition) is 5. The second kappa shape index (κ2) is 8.95. The van der Waals surface area contributed by atoms with Crippen LogP contribution in [0.4, 0.5) is 5.69 Å². The van der Waals surface area contributed by atoms with Gasteiger partial charge in [0.15, 0.2) is 0 Å². The Morgan fingerprint density at radius 1 is 1.22 bits per heavy atom. The summed E-state index contributed by atoms with van der Waals surface area (Å²) in [6, 6.07) is 8.36. The summed E-state index contributed by atoms with van der Waals surface area (Å²) in [6.07, 6.45) is 5.20. The molecule has 0 atom stereocenters. The first-order valence-electron chi connectivity index (χ1n) is 9.58. The molecule has 1 fully saturated rings. The lowest BCUT2D eigenvalue weighted by molar-refractivity contribution is -0.117. The Morgan fingerprint density at radius 3 is 2.59 bits per heavy atom. The predicted octanol–water partition coefficient (Wildman–Crippen LogP) is 3.39. The number of aryl methyl sites for hydroxylation is 1. The van der Waals surface area contributed by atoms with E-state index in [9.17, 15) is 4.79 Å². The summed E-state index contributed by atoms with van der Waals surface area (Å²) >= 11 is 0. The summed E-state index contributed by atoms with van der Waals surface area (Å²) < 4.78 is 5.81. The van der Waals surface area contributed by atoms with Crippen molar-refractivity contribution in [2.24, 2.45) is 0 Å². The van der Waals surface area contributed by atoms with Gasteiger partial charge in [0.1, 0.15) is 6.10 Å². The number of ether oxygens (including phenoxy) is 1. The fourth-order valence-corrected chi connectivity index (χ4v) is 3.40. The van der Waals surface area contributed by atoms with E-state index in [4.69, 9.17) is 4.74 Å². The molecule has 0 spiro atoms. The Hall–Kier alpha value is -2.47. The molecule has 1 N–H and O–H groups in total. The number of anilines is 1. The quantitative estimate of drug-likeness (QED) is 0.846. The molecule has 3 rings (SSSR count). The number of rotatable bonds is 6. The smallest absolute Gasteiger partial charge is 0.316 e. The van der Waals surface area contributed by atoms with E-state index in [0.29, 0.717) is 18.5 Å². The number of aromatic nitrogens is 2. The molecule has 0 bridgehead atoms. The fourth-order valence-electron chi connectivity index (χ4n) is 3.40. The van der Waals surface area contributed by atoms with Crippen LogP contribution < -0.4 is 10.1 Å². The number of amides is 1. The van der Waals surface area contributed by atoms with E-state index in [1.807, 2.05) is 19.1 Å². The van der Waals surface area contributed by atoms with E-state index >= 15 is 0 Å². The van der Waals surface area contributed by atoms with Gasteiger partial charge in [0.2, 0.25) is 5.91 Å². The normalized spacial score (nSPS) is 15.7. The van der Waals surface area contributed by atoms with Gasteiger partial charge in [-0.2, -0.15) is 0 Å². The van der Waals surface area contributed by atoms with Crippen molar-refractivity contribution in [2.45, 2.75) is 45.6 Å².